The molecule has 2 aromatic carbocycles. The Morgan fingerprint density at radius 3 is 2.33 bits per heavy atom. The molecule has 5 N–H and O–H groups in total. The Bertz CT molecular complexity index is 1320. The number of nitrogen functional groups attached to an aromatic ring is 1. The summed E-state index contributed by atoms with van der Waals surface area (Å²) in [5, 5.41) is 2.97. The fraction of sp³-hybridized carbons (Fsp3) is 0.357. The number of carbonyl (C=O) groups excluding carboxylic acids is 3. The number of nitrogens with two attached hydrogens (primary N) is 2. The maximum Gasteiger partial charge on any atom is 0.273 e. The van der Waals surface area contributed by atoms with Gasteiger partial charge in [-0.05, 0) is 65.7 Å². The van der Waals surface area contributed by atoms with E-state index in [1.165, 1.54) is 4.90 Å². The lowest BCUT2D eigenvalue weighted by atomic mass is 10.00. The van der Waals surface area contributed by atoms with Crippen LogP contribution in [0.5, 0.6) is 5.75 Å². The molecular formula is C28H33N5O5S. The smallest absolute Gasteiger partial charge is 0.273 e. The lowest BCUT2D eigenvalue weighted by molar-refractivity contribution is -0.123. The molecule has 11 heteroatoms. The van der Waals surface area contributed by atoms with E-state index in [1.54, 1.807) is 43.5 Å². The topological polar surface area (TPSA) is 150 Å². The van der Waals surface area contributed by atoms with Gasteiger partial charge in [0.1, 0.15) is 16.7 Å². The van der Waals surface area contributed by atoms with Crippen LogP contribution in [0.15, 0.2) is 48.5 Å². The van der Waals surface area contributed by atoms with Crippen molar-refractivity contribution in [3.63, 3.8) is 0 Å². The first-order chi connectivity index (χ1) is 18.7. The van der Waals surface area contributed by atoms with E-state index >= 15 is 0 Å². The summed E-state index contributed by atoms with van der Waals surface area (Å²) in [4.78, 5) is 41.2. The van der Waals surface area contributed by atoms with E-state index in [-0.39, 0.29) is 28.3 Å². The predicted octanol–water partition coefficient (Wildman–Crippen LogP) is 3.64. The van der Waals surface area contributed by atoms with Crippen molar-refractivity contribution in [2.45, 2.75) is 44.8 Å². The molecule has 1 aliphatic rings. The molecule has 0 spiro atoms. The third kappa shape index (κ3) is 6.21. The molecule has 4 rings (SSSR count). The fourth-order valence-electron chi connectivity index (χ4n) is 4.46. The lowest BCUT2D eigenvalue weighted by Crippen LogP contribution is -2.45. The number of nitrogens with zero attached hydrogens (tertiary/aromatic N) is 2. The zero-order chi connectivity index (χ0) is 28.1. The van der Waals surface area contributed by atoms with Crippen LogP contribution in [0.1, 0.15) is 69.9 Å². The monoisotopic (exact) mass is 551 g/mol. The van der Waals surface area contributed by atoms with Crippen molar-refractivity contribution in [3.8, 4) is 5.75 Å². The molecule has 1 aliphatic heterocycles. The Kier molecular flexibility index (Phi) is 8.82. The van der Waals surface area contributed by atoms with Crippen molar-refractivity contribution in [3.05, 3.63) is 70.2 Å². The van der Waals surface area contributed by atoms with Gasteiger partial charge >= 0.3 is 0 Å². The molecule has 0 unspecified atom stereocenters. The quantitative estimate of drug-likeness (QED) is 0.348. The van der Waals surface area contributed by atoms with E-state index in [9.17, 15) is 14.4 Å². The van der Waals surface area contributed by atoms with Crippen LogP contribution >= 0.6 is 11.5 Å². The number of anilines is 2. The van der Waals surface area contributed by atoms with Gasteiger partial charge in [-0.15, -0.1) is 0 Å². The minimum Gasteiger partial charge on any atom is -0.497 e. The van der Waals surface area contributed by atoms with Crippen molar-refractivity contribution < 1.29 is 23.9 Å². The van der Waals surface area contributed by atoms with Crippen molar-refractivity contribution in [1.29, 1.82) is 0 Å². The van der Waals surface area contributed by atoms with Crippen LogP contribution in [0.2, 0.25) is 0 Å². The third-order valence-electron chi connectivity index (χ3n) is 6.68. The van der Waals surface area contributed by atoms with Gasteiger partial charge in [-0.3, -0.25) is 19.3 Å². The Balaban J connectivity index is 1.81. The van der Waals surface area contributed by atoms with Gasteiger partial charge in [0.05, 0.1) is 18.9 Å². The van der Waals surface area contributed by atoms with Gasteiger partial charge < -0.3 is 26.3 Å². The Hall–Kier alpha value is -3.96. The normalized spacial score (nSPS) is 15.6. The van der Waals surface area contributed by atoms with Crippen LogP contribution in [0.3, 0.4) is 0 Å². The fourth-order valence-corrected chi connectivity index (χ4v) is 5.20. The predicted molar refractivity (Wildman–Crippen MR) is 150 cm³/mol. The number of ether oxygens (including phenoxy) is 2. The van der Waals surface area contributed by atoms with Crippen LogP contribution in [-0.2, 0) is 9.53 Å². The second-order valence-corrected chi connectivity index (χ2v) is 10.4. The Labute approximate surface area is 231 Å². The number of methoxy groups -OCH3 is 1. The maximum absolute atomic E-state index is 14.2. The molecule has 206 valence electrons. The van der Waals surface area contributed by atoms with Crippen molar-refractivity contribution in [2.75, 3.05) is 30.9 Å². The molecular weight excluding hydrogens is 518 g/mol. The largest absolute Gasteiger partial charge is 0.497 e. The number of hydrogen-bond donors (Lipinski definition) is 3. The summed E-state index contributed by atoms with van der Waals surface area (Å²) in [5.74, 6) is -0.936. The first-order valence-electron chi connectivity index (χ1n) is 12.7. The van der Waals surface area contributed by atoms with Crippen LogP contribution in [0.25, 0.3) is 0 Å². The highest BCUT2D eigenvalue weighted by Crippen LogP contribution is 2.34. The van der Waals surface area contributed by atoms with E-state index in [0.717, 1.165) is 29.9 Å². The summed E-state index contributed by atoms with van der Waals surface area (Å²) in [5.41, 5.74) is 13.4. The Morgan fingerprint density at radius 2 is 1.79 bits per heavy atom. The average Bonchev–Trinajstić information content (AvgIpc) is 3.60. The molecule has 0 saturated carbocycles. The van der Waals surface area contributed by atoms with Gasteiger partial charge in [-0.25, -0.2) is 0 Å². The highest BCUT2D eigenvalue weighted by Gasteiger charge is 2.36. The molecule has 2 heterocycles. The van der Waals surface area contributed by atoms with Gasteiger partial charge in [0.25, 0.3) is 11.8 Å². The number of rotatable bonds is 10. The summed E-state index contributed by atoms with van der Waals surface area (Å²) in [6.07, 6.45) is 1.69. The molecule has 1 aromatic heterocycles. The molecule has 1 fully saturated rings. The molecule has 2 atom stereocenters. The Morgan fingerprint density at radius 1 is 1.13 bits per heavy atom. The molecule has 39 heavy (non-hydrogen) atoms. The van der Waals surface area contributed by atoms with Gasteiger partial charge in [0.2, 0.25) is 5.91 Å². The second kappa shape index (κ2) is 12.3. The molecule has 0 bridgehead atoms. The molecule has 3 aromatic rings. The van der Waals surface area contributed by atoms with Crippen LogP contribution in [-0.4, -0.2) is 48.5 Å². The number of nitrogens with one attached hydrogen (secondary N) is 1. The molecule has 3 amide bonds. The first-order valence-corrected chi connectivity index (χ1v) is 13.5. The maximum atomic E-state index is 14.2. The molecule has 10 nitrogen and oxygen atoms in total. The van der Waals surface area contributed by atoms with Gasteiger partial charge in [0.15, 0.2) is 5.69 Å². The highest BCUT2D eigenvalue weighted by molar-refractivity contribution is 7.09. The van der Waals surface area contributed by atoms with Gasteiger partial charge in [-0.1, -0.05) is 38.1 Å². The van der Waals surface area contributed by atoms with E-state index in [1.807, 2.05) is 12.1 Å². The van der Waals surface area contributed by atoms with Crippen molar-refractivity contribution >= 4 is 40.6 Å². The summed E-state index contributed by atoms with van der Waals surface area (Å²) in [6.45, 7) is 5.11. The third-order valence-corrected chi connectivity index (χ3v) is 7.53. The highest BCUT2D eigenvalue weighted by atomic mass is 32.1. The average molecular weight is 552 g/mol. The number of amides is 3. The minimum absolute atomic E-state index is 0.0159. The van der Waals surface area contributed by atoms with Crippen molar-refractivity contribution in [2.24, 2.45) is 5.73 Å². The summed E-state index contributed by atoms with van der Waals surface area (Å²) < 4.78 is 15.0. The first kappa shape index (κ1) is 28.1. The van der Waals surface area contributed by atoms with E-state index in [0.29, 0.717) is 30.2 Å². The number of hydrogen-bond acceptors (Lipinski definition) is 8. The van der Waals surface area contributed by atoms with Gasteiger partial charge in [0, 0.05) is 18.8 Å². The number of carbonyl (C=O) groups is 3. The van der Waals surface area contributed by atoms with E-state index < -0.39 is 23.8 Å². The number of primary amides is 1. The summed E-state index contributed by atoms with van der Waals surface area (Å²) >= 11 is 0.769. The SMILES string of the molecule is COc1ccc([C@H](C(=O)NC[C@H]2CCCO2)N(C(=O)c2snc(C(N)=O)c2N)c2ccc(C(C)C)cc2)cc1. The van der Waals surface area contributed by atoms with E-state index in [2.05, 4.69) is 23.5 Å². The zero-order valence-electron chi connectivity index (χ0n) is 22.2. The number of benzene rings is 2. The standard InChI is InChI=1S/C28H33N5O5S/c1-16(2)17-6-10-19(11-7-17)33(28(36)25-22(29)23(26(30)34)32-39-25)24(18-8-12-20(37-3)13-9-18)27(35)31-15-21-5-4-14-38-21/h6-13,16,21,24H,4-5,14-15,29H2,1-3H3,(H2,30,34)(H,31,35)/t21-,24-/m1/s1. The molecule has 0 radical (unpaired) electrons. The van der Waals surface area contributed by atoms with Crippen LogP contribution < -0.4 is 26.4 Å². The summed E-state index contributed by atoms with van der Waals surface area (Å²) in [7, 11) is 1.55. The van der Waals surface area contributed by atoms with Crippen LogP contribution in [0.4, 0.5) is 11.4 Å². The second-order valence-electron chi connectivity index (χ2n) is 9.62. The molecule has 1 saturated heterocycles. The molecule has 0 aliphatic carbocycles. The summed E-state index contributed by atoms with van der Waals surface area (Å²) in [6, 6.07) is 13.3. The van der Waals surface area contributed by atoms with Crippen molar-refractivity contribution in [1.82, 2.24) is 9.69 Å². The lowest BCUT2D eigenvalue weighted by Gasteiger charge is -2.32. The zero-order valence-corrected chi connectivity index (χ0v) is 23.0. The van der Waals surface area contributed by atoms with Crippen LogP contribution in [0, 0.1) is 0 Å². The van der Waals surface area contributed by atoms with E-state index in [4.69, 9.17) is 20.9 Å². The minimum atomic E-state index is -1.08. The van der Waals surface area contributed by atoms with Gasteiger partial charge in [-0.2, -0.15) is 4.37 Å². The number of aromatic nitrogens is 1.